The van der Waals surface area contributed by atoms with Gasteiger partial charge in [-0.3, -0.25) is 4.99 Å². The maximum absolute atomic E-state index is 4.00. The SMILES string of the molecule is C=C/C(=C\C=NC)c1cccc(C2=CC(C)CC=C2)c1. The summed E-state index contributed by atoms with van der Waals surface area (Å²) in [6, 6.07) is 8.58. The third kappa shape index (κ3) is 3.45. The van der Waals surface area contributed by atoms with Crippen LogP contribution in [0.5, 0.6) is 0 Å². The third-order valence-corrected chi connectivity index (χ3v) is 3.42. The molecule has 1 unspecified atom stereocenters. The largest absolute Gasteiger partial charge is 0.296 e. The lowest BCUT2D eigenvalue weighted by molar-refractivity contribution is 0.740. The van der Waals surface area contributed by atoms with Crippen LogP contribution in [0.1, 0.15) is 24.5 Å². The highest BCUT2D eigenvalue weighted by Gasteiger charge is 2.07. The summed E-state index contributed by atoms with van der Waals surface area (Å²) < 4.78 is 0. The Balaban J connectivity index is 2.37. The summed E-state index contributed by atoms with van der Waals surface area (Å²) in [4.78, 5) is 4.00. The standard InChI is InChI=1S/C19H21N/c1-4-16(11-12-20-3)18-9-6-10-19(14-18)17-8-5-7-15(2)13-17/h4-6,8-15H,1,7H2,2-3H3/b16-11+,20-12?. The molecule has 2 rings (SSSR count). The molecule has 102 valence electrons. The van der Waals surface area contributed by atoms with Crippen LogP contribution in [-0.2, 0) is 0 Å². The lowest BCUT2D eigenvalue weighted by Gasteiger charge is -2.13. The quantitative estimate of drug-likeness (QED) is 0.539. The number of nitrogens with zero attached hydrogens (tertiary/aromatic N) is 1. The van der Waals surface area contributed by atoms with Gasteiger partial charge in [-0.2, -0.15) is 0 Å². The number of hydrogen-bond donors (Lipinski definition) is 0. The Bertz CT molecular complexity index is 600. The first-order chi connectivity index (χ1) is 9.74. The van der Waals surface area contributed by atoms with E-state index in [4.69, 9.17) is 0 Å². The topological polar surface area (TPSA) is 12.4 Å². The monoisotopic (exact) mass is 263 g/mol. The summed E-state index contributed by atoms with van der Waals surface area (Å²) in [7, 11) is 1.77. The van der Waals surface area contributed by atoms with E-state index in [9.17, 15) is 0 Å². The Morgan fingerprint density at radius 1 is 1.40 bits per heavy atom. The zero-order valence-corrected chi connectivity index (χ0v) is 12.2. The number of rotatable bonds is 4. The molecule has 1 aromatic carbocycles. The molecule has 0 saturated carbocycles. The van der Waals surface area contributed by atoms with Crippen LogP contribution in [0.2, 0.25) is 0 Å². The molecule has 1 aliphatic rings. The summed E-state index contributed by atoms with van der Waals surface area (Å²) in [5.41, 5.74) is 4.82. The number of benzene rings is 1. The van der Waals surface area contributed by atoms with Crippen LogP contribution in [0.25, 0.3) is 11.1 Å². The van der Waals surface area contributed by atoms with Crippen LogP contribution in [0.3, 0.4) is 0 Å². The maximum atomic E-state index is 4.00. The molecule has 0 N–H and O–H groups in total. The van der Waals surface area contributed by atoms with E-state index in [-0.39, 0.29) is 0 Å². The summed E-state index contributed by atoms with van der Waals surface area (Å²) in [5.74, 6) is 0.611. The molecule has 0 amide bonds. The van der Waals surface area contributed by atoms with Gasteiger partial charge in [0.15, 0.2) is 0 Å². The van der Waals surface area contributed by atoms with Crippen molar-refractivity contribution in [2.45, 2.75) is 13.3 Å². The van der Waals surface area contributed by atoms with Gasteiger partial charge in [0.25, 0.3) is 0 Å². The van der Waals surface area contributed by atoms with E-state index in [0.717, 1.165) is 12.0 Å². The van der Waals surface area contributed by atoms with Gasteiger partial charge >= 0.3 is 0 Å². The van der Waals surface area contributed by atoms with Gasteiger partial charge < -0.3 is 0 Å². The van der Waals surface area contributed by atoms with Gasteiger partial charge in [-0.25, -0.2) is 0 Å². The van der Waals surface area contributed by atoms with Gasteiger partial charge in [0.1, 0.15) is 0 Å². The fraction of sp³-hybridized carbons (Fsp3) is 0.211. The Hall–Kier alpha value is -2.15. The molecule has 0 heterocycles. The van der Waals surface area contributed by atoms with E-state index in [2.05, 4.69) is 61.0 Å². The fourth-order valence-electron chi connectivity index (χ4n) is 2.35. The van der Waals surface area contributed by atoms with E-state index >= 15 is 0 Å². The minimum atomic E-state index is 0.611. The minimum absolute atomic E-state index is 0.611. The number of hydrogen-bond acceptors (Lipinski definition) is 1. The van der Waals surface area contributed by atoms with Crippen molar-refractivity contribution in [3.63, 3.8) is 0 Å². The van der Waals surface area contributed by atoms with Crippen LogP contribution in [0.4, 0.5) is 0 Å². The van der Waals surface area contributed by atoms with Crippen molar-refractivity contribution in [1.82, 2.24) is 0 Å². The van der Waals surface area contributed by atoms with Crippen LogP contribution >= 0.6 is 0 Å². The Morgan fingerprint density at radius 3 is 2.95 bits per heavy atom. The molecular weight excluding hydrogens is 242 g/mol. The molecule has 0 fully saturated rings. The van der Waals surface area contributed by atoms with Crippen molar-refractivity contribution in [3.05, 3.63) is 72.4 Å². The fourth-order valence-corrected chi connectivity index (χ4v) is 2.35. The molecular formula is C19H21N. The van der Waals surface area contributed by atoms with Crippen LogP contribution in [0, 0.1) is 5.92 Å². The molecule has 0 bridgehead atoms. The molecule has 0 spiro atoms. The highest BCUT2D eigenvalue weighted by atomic mass is 14.6. The van der Waals surface area contributed by atoms with Crippen LogP contribution < -0.4 is 0 Å². The zero-order chi connectivity index (χ0) is 14.4. The number of aliphatic imine (C=N–C) groups is 1. The van der Waals surface area contributed by atoms with Crippen molar-refractivity contribution in [2.24, 2.45) is 10.9 Å². The van der Waals surface area contributed by atoms with Gasteiger partial charge in [0.05, 0.1) is 0 Å². The number of allylic oxidation sites excluding steroid dienone is 7. The molecule has 1 atom stereocenters. The second-order valence-corrected chi connectivity index (χ2v) is 5.05. The molecule has 1 heteroatoms. The first kappa shape index (κ1) is 14.3. The Kier molecular flexibility index (Phi) is 4.89. The second kappa shape index (κ2) is 6.85. The predicted molar refractivity (Wildman–Crippen MR) is 89.9 cm³/mol. The highest BCUT2D eigenvalue weighted by molar-refractivity contribution is 5.89. The predicted octanol–water partition coefficient (Wildman–Crippen LogP) is 4.94. The van der Waals surface area contributed by atoms with E-state index in [1.165, 1.54) is 16.7 Å². The average molecular weight is 263 g/mol. The zero-order valence-electron chi connectivity index (χ0n) is 12.2. The molecule has 1 aliphatic carbocycles. The minimum Gasteiger partial charge on any atom is -0.296 e. The summed E-state index contributed by atoms with van der Waals surface area (Å²) >= 11 is 0. The van der Waals surface area contributed by atoms with Crippen molar-refractivity contribution in [1.29, 1.82) is 0 Å². The summed E-state index contributed by atoms with van der Waals surface area (Å²) in [6.07, 6.45) is 13.6. The van der Waals surface area contributed by atoms with Crippen molar-refractivity contribution < 1.29 is 0 Å². The van der Waals surface area contributed by atoms with E-state index < -0.39 is 0 Å². The molecule has 1 aromatic rings. The van der Waals surface area contributed by atoms with Gasteiger partial charge in [-0.05, 0) is 46.8 Å². The Morgan fingerprint density at radius 2 is 2.25 bits per heavy atom. The molecule has 0 aromatic heterocycles. The van der Waals surface area contributed by atoms with Crippen LogP contribution in [-0.4, -0.2) is 13.3 Å². The van der Waals surface area contributed by atoms with Gasteiger partial charge in [-0.15, -0.1) is 0 Å². The Labute approximate surface area is 121 Å². The average Bonchev–Trinajstić information content (AvgIpc) is 2.48. The first-order valence-corrected chi connectivity index (χ1v) is 6.98. The van der Waals surface area contributed by atoms with Gasteiger partial charge in [0.2, 0.25) is 0 Å². The lowest BCUT2D eigenvalue weighted by atomic mass is 9.92. The van der Waals surface area contributed by atoms with E-state index in [1.807, 2.05) is 12.2 Å². The summed E-state index contributed by atoms with van der Waals surface area (Å²) in [6.45, 7) is 6.14. The normalized spacial score (nSPS) is 19.2. The molecule has 1 nitrogen and oxygen atoms in total. The first-order valence-electron chi connectivity index (χ1n) is 6.98. The van der Waals surface area contributed by atoms with E-state index in [1.54, 1.807) is 13.3 Å². The third-order valence-electron chi connectivity index (χ3n) is 3.42. The van der Waals surface area contributed by atoms with Gasteiger partial charge in [0, 0.05) is 13.3 Å². The maximum Gasteiger partial charge on any atom is 0.0277 e. The van der Waals surface area contributed by atoms with Gasteiger partial charge in [-0.1, -0.05) is 56.0 Å². The smallest absolute Gasteiger partial charge is 0.0277 e. The van der Waals surface area contributed by atoms with Crippen molar-refractivity contribution in [3.8, 4) is 0 Å². The van der Waals surface area contributed by atoms with Crippen LogP contribution in [0.15, 0.2) is 66.2 Å². The molecule has 20 heavy (non-hydrogen) atoms. The summed E-state index contributed by atoms with van der Waals surface area (Å²) in [5, 5.41) is 0. The lowest BCUT2D eigenvalue weighted by Crippen LogP contribution is -1.95. The van der Waals surface area contributed by atoms with Crippen molar-refractivity contribution in [2.75, 3.05) is 7.05 Å². The molecule has 0 aliphatic heterocycles. The molecule has 0 saturated heterocycles. The second-order valence-electron chi connectivity index (χ2n) is 5.05. The van der Waals surface area contributed by atoms with E-state index in [0.29, 0.717) is 5.92 Å². The molecule has 0 radical (unpaired) electrons. The highest BCUT2D eigenvalue weighted by Crippen LogP contribution is 2.26. The van der Waals surface area contributed by atoms with Crippen molar-refractivity contribution >= 4 is 17.4 Å².